The summed E-state index contributed by atoms with van der Waals surface area (Å²) < 4.78 is 5.46. The van der Waals surface area contributed by atoms with Crippen molar-refractivity contribution in [2.45, 2.75) is 31.7 Å². The maximum absolute atomic E-state index is 8.88. The zero-order valence-corrected chi connectivity index (χ0v) is 13.7. The third-order valence-electron chi connectivity index (χ3n) is 4.72. The molecule has 24 heavy (non-hydrogen) atoms. The minimum Gasteiger partial charge on any atom is -0.323 e. The second-order valence-electron chi connectivity index (χ2n) is 6.63. The van der Waals surface area contributed by atoms with E-state index in [9.17, 15) is 0 Å². The van der Waals surface area contributed by atoms with E-state index >= 15 is 0 Å². The summed E-state index contributed by atoms with van der Waals surface area (Å²) >= 11 is 0. The van der Waals surface area contributed by atoms with Crippen molar-refractivity contribution in [3.8, 4) is 6.07 Å². The molecule has 0 atom stereocenters. The van der Waals surface area contributed by atoms with Crippen LogP contribution < -0.4 is 4.90 Å². The van der Waals surface area contributed by atoms with Gasteiger partial charge < -0.3 is 9.42 Å². The Bertz CT molecular complexity index is 729. The third-order valence-corrected chi connectivity index (χ3v) is 4.72. The van der Waals surface area contributed by atoms with Gasteiger partial charge in [0, 0.05) is 38.6 Å². The van der Waals surface area contributed by atoms with Crippen LogP contribution in [0.5, 0.6) is 0 Å². The minimum absolute atomic E-state index is 0.530. The molecule has 1 saturated carbocycles. The highest BCUT2D eigenvalue weighted by Crippen LogP contribution is 2.38. The SMILES string of the molecule is N#Cc1ccc(CN2CCCN(c3nc(C4CC4)no3)CC2)cc1. The molecule has 2 aromatic rings. The second kappa shape index (κ2) is 6.62. The van der Waals surface area contributed by atoms with Crippen LogP contribution in [0.3, 0.4) is 0 Å². The summed E-state index contributed by atoms with van der Waals surface area (Å²) in [6, 6.07) is 10.7. The molecule has 0 spiro atoms. The summed E-state index contributed by atoms with van der Waals surface area (Å²) in [5.74, 6) is 1.41. The molecule has 2 fully saturated rings. The van der Waals surface area contributed by atoms with Gasteiger partial charge in [-0.3, -0.25) is 4.90 Å². The Labute approximate surface area is 141 Å². The molecule has 0 N–H and O–H groups in total. The molecular weight excluding hydrogens is 302 g/mol. The summed E-state index contributed by atoms with van der Waals surface area (Å²) in [5, 5.41) is 13.0. The molecule has 1 aliphatic carbocycles. The first-order valence-corrected chi connectivity index (χ1v) is 8.62. The second-order valence-corrected chi connectivity index (χ2v) is 6.63. The van der Waals surface area contributed by atoms with E-state index in [1.807, 2.05) is 24.3 Å². The molecule has 0 radical (unpaired) electrons. The molecule has 6 nitrogen and oxygen atoms in total. The van der Waals surface area contributed by atoms with Crippen LogP contribution in [0.15, 0.2) is 28.8 Å². The fraction of sp³-hybridized carbons (Fsp3) is 0.500. The Morgan fingerprint density at radius 2 is 1.96 bits per heavy atom. The third kappa shape index (κ3) is 3.41. The van der Waals surface area contributed by atoms with Gasteiger partial charge >= 0.3 is 6.01 Å². The van der Waals surface area contributed by atoms with E-state index in [2.05, 4.69) is 26.0 Å². The fourth-order valence-corrected chi connectivity index (χ4v) is 3.13. The number of anilines is 1. The number of hydrogen-bond acceptors (Lipinski definition) is 6. The zero-order chi connectivity index (χ0) is 16.4. The van der Waals surface area contributed by atoms with Gasteiger partial charge in [-0.15, -0.1) is 0 Å². The lowest BCUT2D eigenvalue weighted by molar-refractivity contribution is 0.285. The molecule has 1 aromatic carbocycles. The van der Waals surface area contributed by atoms with Crippen LogP contribution in [0.1, 0.15) is 42.1 Å². The zero-order valence-electron chi connectivity index (χ0n) is 13.7. The molecule has 0 amide bonds. The smallest absolute Gasteiger partial charge is 0.323 e. The van der Waals surface area contributed by atoms with Gasteiger partial charge in [-0.2, -0.15) is 10.2 Å². The van der Waals surface area contributed by atoms with Gasteiger partial charge in [0.05, 0.1) is 11.6 Å². The van der Waals surface area contributed by atoms with Crippen molar-refractivity contribution in [1.82, 2.24) is 15.0 Å². The van der Waals surface area contributed by atoms with Crippen molar-refractivity contribution in [1.29, 1.82) is 5.26 Å². The molecule has 1 aromatic heterocycles. The first-order chi connectivity index (χ1) is 11.8. The maximum atomic E-state index is 8.88. The van der Waals surface area contributed by atoms with E-state index in [1.54, 1.807) is 0 Å². The van der Waals surface area contributed by atoms with Crippen LogP contribution in [0.4, 0.5) is 6.01 Å². The minimum atomic E-state index is 0.530. The number of nitrogens with zero attached hydrogens (tertiary/aromatic N) is 5. The topological polar surface area (TPSA) is 69.2 Å². The lowest BCUT2D eigenvalue weighted by Gasteiger charge is -2.20. The molecule has 1 saturated heterocycles. The van der Waals surface area contributed by atoms with E-state index in [0.29, 0.717) is 17.5 Å². The Balaban J connectivity index is 1.35. The quantitative estimate of drug-likeness (QED) is 0.861. The van der Waals surface area contributed by atoms with E-state index < -0.39 is 0 Å². The van der Waals surface area contributed by atoms with Crippen LogP contribution >= 0.6 is 0 Å². The Hall–Kier alpha value is -2.39. The van der Waals surface area contributed by atoms with Crippen molar-refractivity contribution in [3.63, 3.8) is 0 Å². The van der Waals surface area contributed by atoms with E-state index in [4.69, 9.17) is 9.78 Å². The molecule has 0 unspecified atom stereocenters. The first-order valence-electron chi connectivity index (χ1n) is 8.62. The average Bonchev–Trinajstić information content (AvgIpc) is 3.39. The summed E-state index contributed by atoms with van der Waals surface area (Å²) in [4.78, 5) is 9.21. The van der Waals surface area contributed by atoms with Crippen LogP contribution in [0, 0.1) is 11.3 Å². The number of aromatic nitrogens is 2. The molecule has 2 aliphatic rings. The van der Waals surface area contributed by atoms with Crippen LogP contribution in [-0.4, -0.2) is 41.2 Å². The van der Waals surface area contributed by atoms with Gasteiger partial charge in [0.25, 0.3) is 0 Å². The number of nitriles is 1. The highest BCUT2D eigenvalue weighted by atomic mass is 16.5. The predicted octanol–water partition coefficient (Wildman–Crippen LogP) is 2.53. The van der Waals surface area contributed by atoms with Crippen molar-refractivity contribution >= 4 is 6.01 Å². The van der Waals surface area contributed by atoms with Crippen molar-refractivity contribution in [2.75, 3.05) is 31.1 Å². The molecule has 124 valence electrons. The highest BCUT2D eigenvalue weighted by Gasteiger charge is 2.30. The van der Waals surface area contributed by atoms with Gasteiger partial charge in [0.1, 0.15) is 0 Å². The van der Waals surface area contributed by atoms with Crippen molar-refractivity contribution in [3.05, 3.63) is 41.2 Å². The summed E-state index contributed by atoms with van der Waals surface area (Å²) in [6.07, 6.45) is 3.46. The molecule has 1 aliphatic heterocycles. The molecule has 0 bridgehead atoms. The molecule has 4 rings (SSSR count). The predicted molar refractivity (Wildman–Crippen MR) is 89.5 cm³/mol. The van der Waals surface area contributed by atoms with Crippen molar-refractivity contribution < 1.29 is 4.52 Å². The van der Waals surface area contributed by atoms with Crippen molar-refractivity contribution in [2.24, 2.45) is 0 Å². The van der Waals surface area contributed by atoms with Crippen LogP contribution in [-0.2, 0) is 6.54 Å². The Kier molecular flexibility index (Phi) is 4.18. The largest absolute Gasteiger partial charge is 0.324 e. The lowest BCUT2D eigenvalue weighted by Crippen LogP contribution is -2.30. The molecule has 2 heterocycles. The summed E-state index contributed by atoms with van der Waals surface area (Å²) in [6.45, 7) is 4.80. The van der Waals surface area contributed by atoms with E-state index in [0.717, 1.165) is 45.0 Å². The number of hydrogen-bond donors (Lipinski definition) is 0. The van der Waals surface area contributed by atoms with Crippen LogP contribution in [0.2, 0.25) is 0 Å². The van der Waals surface area contributed by atoms with Gasteiger partial charge in [0.15, 0.2) is 5.82 Å². The van der Waals surface area contributed by atoms with Gasteiger partial charge in [-0.25, -0.2) is 0 Å². The van der Waals surface area contributed by atoms with Gasteiger partial charge in [-0.1, -0.05) is 17.3 Å². The number of benzene rings is 1. The standard InChI is InChI=1S/C18H21N5O/c19-12-14-2-4-15(5-3-14)13-22-8-1-9-23(11-10-22)18-20-17(21-24-18)16-6-7-16/h2-5,16H,1,6-11,13H2. The lowest BCUT2D eigenvalue weighted by atomic mass is 10.1. The van der Waals surface area contributed by atoms with Gasteiger partial charge in [-0.05, 0) is 37.0 Å². The van der Waals surface area contributed by atoms with E-state index in [-0.39, 0.29) is 0 Å². The maximum Gasteiger partial charge on any atom is 0.324 e. The average molecular weight is 323 g/mol. The van der Waals surface area contributed by atoms with Gasteiger partial charge in [0.2, 0.25) is 0 Å². The van der Waals surface area contributed by atoms with E-state index in [1.165, 1.54) is 18.4 Å². The highest BCUT2D eigenvalue weighted by molar-refractivity contribution is 5.31. The molecular formula is C18H21N5O. The summed E-state index contributed by atoms with van der Waals surface area (Å²) in [5.41, 5.74) is 1.96. The Morgan fingerprint density at radius 1 is 1.12 bits per heavy atom. The van der Waals surface area contributed by atoms with Crippen LogP contribution in [0.25, 0.3) is 0 Å². The first kappa shape index (κ1) is 15.2. The summed E-state index contributed by atoms with van der Waals surface area (Å²) in [7, 11) is 0. The number of rotatable bonds is 4. The fourth-order valence-electron chi connectivity index (χ4n) is 3.13. The Morgan fingerprint density at radius 3 is 2.71 bits per heavy atom. The molecule has 6 heteroatoms. The normalized spacial score (nSPS) is 19.0. The monoisotopic (exact) mass is 323 g/mol.